The minimum Gasteiger partial charge on any atom is -0.476 e. The number of hydrogen-bond acceptors (Lipinski definition) is 5. The van der Waals surface area contributed by atoms with Crippen LogP contribution < -0.4 is 5.73 Å². The molecule has 0 radical (unpaired) electrons. The van der Waals surface area contributed by atoms with Crippen LogP contribution in [-0.2, 0) is 9.84 Å². The fourth-order valence-corrected chi connectivity index (χ4v) is 1.43. The van der Waals surface area contributed by atoms with Crippen LogP contribution in [0.15, 0.2) is 17.2 Å². The molecule has 1 aromatic heterocycles. The lowest BCUT2D eigenvalue weighted by Gasteiger charge is -2.01. The lowest BCUT2D eigenvalue weighted by Crippen LogP contribution is -2.08. The summed E-state index contributed by atoms with van der Waals surface area (Å²) < 4.78 is 22.0. The summed E-state index contributed by atoms with van der Waals surface area (Å²) in [5, 5.41) is 8.57. The number of anilines is 1. The van der Waals surface area contributed by atoms with Crippen LogP contribution in [0, 0.1) is 0 Å². The van der Waals surface area contributed by atoms with Gasteiger partial charge in [-0.15, -0.1) is 0 Å². The quantitative estimate of drug-likeness (QED) is 0.706. The Kier molecular flexibility index (Phi) is 2.43. The molecule has 14 heavy (non-hydrogen) atoms. The summed E-state index contributed by atoms with van der Waals surface area (Å²) in [6.45, 7) is 0. The van der Waals surface area contributed by atoms with E-state index in [9.17, 15) is 13.2 Å². The van der Waals surface area contributed by atoms with Gasteiger partial charge in [0.25, 0.3) is 0 Å². The number of aromatic carboxylic acids is 1. The van der Waals surface area contributed by atoms with Gasteiger partial charge in [-0.25, -0.2) is 18.2 Å². The molecule has 6 nitrogen and oxygen atoms in total. The second-order valence-electron chi connectivity index (χ2n) is 2.69. The third-order valence-electron chi connectivity index (χ3n) is 1.52. The van der Waals surface area contributed by atoms with Crippen molar-refractivity contribution in [1.29, 1.82) is 0 Å². The zero-order chi connectivity index (χ0) is 10.9. The maximum Gasteiger partial charge on any atom is 0.356 e. The van der Waals surface area contributed by atoms with Gasteiger partial charge in [0.05, 0.1) is 10.6 Å². The Morgan fingerprint density at radius 3 is 2.50 bits per heavy atom. The van der Waals surface area contributed by atoms with Gasteiger partial charge in [0.15, 0.2) is 15.5 Å². The van der Waals surface area contributed by atoms with Crippen molar-refractivity contribution in [2.45, 2.75) is 4.90 Å². The highest BCUT2D eigenvalue weighted by atomic mass is 32.2. The van der Waals surface area contributed by atoms with Crippen LogP contribution in [0.5, 0.6) is 0 Å². The normalized spacial score (nSPS) is 11.2. The third kappa shape index (κ3) is 1.99. The molecule has 0 bridgehead atoms. The van der Waals surface area contributed by atoms with Crippen molar-refractivity contribution in [2.75, 3.05) is 12.0 Å². The summed E-state index contributed by atoms with van der Waals surface area (Å²) in [6.07, 6.45) is 1.96. The molecule has 1 heterocycles. The van der Waals surface area contributed by atoms with E-state index in [-0.39, 0.29) is 16.3 Å². The molecule has 0 fully saturated rings. The van der Waals surface area contributed by atoms with Crippen LogP contribution in [0.25, 0.3) is 0 Å². The Hall–Kier alpha value is -1.63. The molecule has 1 rings (SSSR count). The molecule has 0 atom stereocenters. The van der Waals surface area contributed by atoms with E-state index >= 15 is 0 Å². The number of aromatic nitrogens is 1. The predicted molar refractivity (Wildman–Crippen MR) is 48.7 cm³/mol. The first kappa shape index (κ1) is 10.5. The molecule has 1 aromatic rings. The topological polar surface area (TPSA) is 110 Å². The molecule has 0 amide bonds. The van der Waals surface area contributed by atoms with Crippen LogP contribution in [0.3, 0.4) is 0 Å². The Labute approximate surface area is 80.3 Å². The standard InChI is InChI=1S/C7H8N2O4S/c1-14(12,13)4-2-5(8)6(7(10)11)9-3-4/h2-3H,8H2,1H3,(H,10,11). The molecule has 0 aromatic carbocycles. The molecule has 7 heteroatoms. The number of carbonyl (C=O) groups is 1. The van der Waals surface area contributed by atoms with E-state index in [1.165, 1.54) is 0 Å². The molecule has 0 saturated carbocycles. The van der Waals surface area contributed by atoms with Crippen LogP contribution in [-0.4, -0.2) is 30.7 Å². The van der Waals surface area contributed by atoms with E-state index in [4.69, 9.17) is 10.8 Å². The minimum atomic E-state index is -3.40. The molecule has 0 aliphatic rings. The molecule has 0 aliphatic carbocycles. The van der Waals surface area contributed by atoms with Gasteiger partial charge in [0.2, 0.25) is 0 Å². The van der Waals surface area contributed by atoms with Gasteiger partial charge < -0.3 is 10.8 Å². The van der Waals surface area contributed by atoms with Gasteiger partial charge in [-0.1, -0.05) is 0 Å². The smallest absolute Gasteiger partial charge is 0.356 e. The monoisotopic (exact) mass is 216 g/mol. The average molecular weight is 216 g/mol. The van der Waals surface area contributed by atoms with Crippen LogP contribution in [0.1, 0.15) is 10.5 Å². The van der Waals surface area contributed by atoms with E-state index in [0.29, 0.717) is 0 Å². The van der Waals surface area contributed by atoms with E-state index in [1.807, 2.05) is 0 Å². The number of pyridine rings is 1. The average Bonchev–Trinajstić information content (AvgIpc) is 2.01. The summed E-state index contributed by atoms with van der Waals surface area (Å²) in [7, 11) is -3.40. The molecular weight excluding hydrogens is 208 g/mol. The maximum atomic E-state index is 11.0. The highest BCUT2D eigenvalue weighted by Crippen LogP contribution is 2.14. The van der Waals surface area contributed by atoms with Crippen molar-refractivity contribution >= 4 is 21.5 Å². The van der Waals surface area contributed by atoms with Crippen molar-refractivity contribution in [3.63, 3.8) is 0 Å². The summed E-state index contributed by atoms with van der Waals surface area (Å²) in [5.41, 5.74) is 4.80. The lowest BCUT2D eigenvalue weighted by atomic mass is 10.3. The number of nitrogen functional groups attached to an aromatic ring is 1. The van der Waals surface area contributed by atoms with Gasteiger partial charge >= 0.3 is 5.97 Å². The van der Waals surface area contributed by atoms with E-state index in [1.54, 1.807) is 0 Å². The van der Waals surface area contributed by atoms with E-state index < -0.39 is 15.8 Å². The Morgan fingerprint density at radius 2 is 2.14 bits per heavy atom. The first-order valence-electron chi connectivity index (χ1n) is 3.51. The number of carboxylic acid groups (broad SMARTS) is 1. The Balaban J connectivity index is 3.34. The lowest BCUT2D eigenvalue weighted by molar-refractivity contribution is 0.0691. The Morgan fingerprint density at radius 1 is 1.57 bits per heavy atom. The third-order valence-corrected chi connectivity index (χ3v) is 2.60. The zero-order valence-electron chi connectivity index (χ0n) is 7.26. The summed E-state index contributed by atoms with van der Waals surface area (Å²) in [4.78, 5) is 13.8. The number of sulfone groups is 1. The number of rotatable bonds is 2. The van der Waals surface area contributed by atoms with Crippen molar-refractivity contribution in [1.82, 2.24) is 4.98 Å². The highest BCUT2D eigenvalue weighted by molar-refractivity contribution is 7.90. The van der Waals surface area contributed by atoms with Crippen molar-refractivity contribution in [2.24, 2.45) is 0 Å². The van der Waals surface area contributed by atoms with Gasteiger partial charge in [-0.3, -0.25) is 0 Å². The van der Waals surface area contributed by atoms with Crippen molar-refractivity contribution in [3.8, 4) is 0 Å². The minimum absolute atomic E-state index is 0.0972. The summed E-state index contributed by atoms with van der Waals surface area (Å²) in [6, 6.07) is 1.08. The second-order valence-corrected chi connectivity index (χ2v) is 4.70. The molecule has 0 unspecified atom stereocenters. The van der Waals surface area contributed by atoms with Crippen molar-refractivity contribution < 1.29 is 18.3 Å². The SMILES string of the molecule is CS(=O)(=O)c1cnc(C(=O)O)c(N)c1. The number of nitrogens with two attached hydrogens (primary N) is 1. The number of nitrogens with zero attached hydrogens (tertiary/aromatic N) is 1. The molecule has 0 saturated heterocycles. The summed E-state index contributed by atoms with van der Waals surface area (Å²) >= 11 is 0. The molecule has 0 aliphatic heterocycles. The van der Waals surface area contributed by atoms with Gasteiger partial charge in [0, 0.05) is 12.5 Å². The number of carboxylic acids is 1. The largest absolute Gasteiger partial charge is 0.476 e. The second kappa shape index (κ2) is 3.26. The van der Waals surface area contributed by atoms with Gasteiger partial charge in [0.1, 0.15) is 0 Å². The Bertz CT molecular complexity index is 480. The van der Waals surface area contributed by atoms with Crippen LogP contribution in [0.2, 0.25) is 0 Å². The van der Waals surface area contributed by atoms with Gasteiger partial charge in [-0.05, 0) is 6.07 Å². The molecule has 76 valence electrons. The molecule has 3 N–H and O–H groups in total. The van der Waals surface area contributed by atoms with E-state index in [0.717, 1.165) is 18.5 Å². The fraction of sp³-hybridized carbons (Fsp3) is 0.143. The first-order chi connectivity index (χ1) is 6.32. The summed E-state index contributed by atoms with van der Waals surface area (Å²) in [5.74, 6) is -1.29. The van der Waals surface area contributed by atoms with Crippen LogP contribution in [0.4, 0.5) is 5.69 Å². The molecular formula is C7H8N2O4S. The maximum absolute atomic E-state index is 11.0. The van der Waals surface area contributed by atoms with Crippen molar-refractivity contribution in [3.05, 3.63) is 18.0 Å². The van der Waals surface area contributed by atoms with Gasteiger partial charge in [-0.2, -0.15) is 0 Å². The van der Waals surface area contributed by atoms with E-state index in [2.05, 4.69) is 4.98 Å². The number of hydrogen-bond donors (Lipinski definition) is 2. The fourth-order valence-electron chi connectivity index (χ4n) is 0.843. The first-order valence-corrected chi connectivity index (χ1v) is 5.40. The zero-order valence-corrected chi connectivity index (χ0v) is 8.08. The highest BCUT2D eigenvalue weighted by Gasteiger charge is 2.14. The molecule has 0 spiro atoms. The van der Waals surface area contributed by atoms with Crippen LogP contribution >= 0.6 is 0 Å². The predicted octanol–water partition coefficient (Wildman–Crippen LogP) is -0.234.